The smallest absolute Gasteiger partial charge is 0.244 e. The first-order chi connectivity index (χ1) is 14.3. The second-order valence-electron chi connectivity index (χ2n) is 8.44. The number of hydrogen-bond donors (Lipinski definition) is 3. The summed E-state index contributed by atoms with van der Waals surface area (Å²) in [6.45, 7) is 3.61. The van der Waals surface area contributed by atoms with Crippen molar-refractivity contribution in [3.63, 3.8) is 0 Å². The average molecular weight is 496 g/mol. The fourth-order valence-electron chi connectivity index (χ4n) is 5.19. The predicted molar refractivity (Wildman–Crippen MR) is 119 cm³/mol. The van der Waals surface area contributed by atoms with Crippen LogP contribution in [0, 0.1) is 11.8 Å². The van der Waals surface area contributed by atoms with E-state index in [1.807, 2.05) is 44.2 Å². The molecule has 2 bridgehead atoms. The lowest BCUT2D eigenvalue weighted by Crippen LogP contribution is -2.55. The van der Waals surface area contributed by atoms with E-state index >= 15 is 0 Å². The number of nitrogens with zero attached hydrogens (tertiary/aromatic N) is 1. The van der Waals surface area contributed by atoms with E-state index in [0.29, 0.717) is 12.1 Å². The fraction of sp³-hybridized carbons (Fsp3) is 0.571. The zero-order valence-electron chi connectivity index (χ0n) is 16.9. The van der Waals surface area contributed by atoms with Crippen molar-refractivity contribution < 1.29 is 19.5 Å². The minimum Gasteiger partial charge on any atom is -0.395 e. The largest absolute Gasteiger partial charge is 0.395 e. The molecule has 0 aromatic heterocycles. The Bertz CT molecular complexity index is 854. The molecule has 4 rings (SSSR count). The second kappa shape index (κ2) is 8.16. The molecule has 9 heteroatoms. The molecule has 3 unspecified atom stereocenters. The van der Waals surface area contributed by atoms with Gasteiger partial charge in [0.25, 0.3) is 0 Å². The number of aliphatic hydroxyl groups excluding tert-OH is 1. The molecule has 3 heterocycles. The van der Waals surface area contributed by atoms with Crippen LogP contribution >= 0.6 is 27.7 Å². The van der Waals surface area contributed by atoms with Crippen LogP contribution in [0.4, 0.5) is 5.69 Å². The number of likely N-dealkylation sites (tertiary alicyclic amines) is 1. The Morgan fingerprint density at radius 3 is 2.63 bits per heavy atom. The van der Waals surface area contributed by atoms with Crippen molar-refractivity contribution in [2.75, 3.05) is 18.5 Å². The highest BCUT2D eigenvalue weighted by Crippen LogP contribution is 2.67. The number of aliphatic hydroxyl groups is 1. The SMILES string of the molecule is CC(C)NC(=O)C1N(CCO)C(=O)[C@@H]2[C@@H](C(=O)Nc3ccccc3)[C@@H]3SC12CC3Br. The zero-order valence-corrected chi connectivity index (χ0v) is 19.3. The Labute approximate surface area is 188 Å². The summed E-state index contributed by atoms with van der Waals surface area (Å²) < 4.78 is -0.678. The number of nitrogens with one attached hydrogen (secondary N) is 2. The molecule has 0 radical (unpaired) electrons. The van der Waals surface area contributed by atoms with Gasteiger partial charge in [0.15, 0.2) is 0 Å². The Morgan fingerprint density at radius 2 is 2.00 bits per heavy atom. The molecule has 3 aliphatic heterocycles. The summed E-state index contributed by atoms with van der Waals surface area (Å²) in [5.41, 5.74) is 0.683. The van der Waals surface area contributed by atoms with Crippen molar-refractivity contribution in [2.45, 2.75) is 47.2 Å². The van der Waals surface area contributed by atoms with E-state index in [1.54, 1.807) is 11.8 Å². The minimum absolute atomic E-state index is 0.0292. The van der Waals surface area contributed by atoms with Gasteiger partial charge in [-0.2, -0.15) is 0 Å². The highest BCUT2D eigenvalue weighted by molar-refractivity contribution is 9.09. The number of para-hydroxylation sites is 1. The molecule has 0 saturated carbocycles. The monoisotopic (exact) mass is 495 g/mol. The van der Waals surface area contributed by atoms with E-state index < -0.39 is 22.6 Å². The maximum atomic E-state index is 13.5. The summed E-state index contributed by atoms with van der Waals surface area (Å²) in [5.74, 6) is -1.75. The number of anilines is 1. The summed E-state index contributed by atoms with van der Waals surface area (Å²) in [7, 11) is 0. The van der Waals surface area contributed by atoms with Crippen molar-refractivity contribution in [2.24, 2.45) is 11.8 Å². The van der Waals surface area contributed by atoms with Crippen LogP contribution in [0.2, 0.25) is 0 Å². The van der Waals surface area contributed by atoms with Gasteiger partial charge in [0.05, 0.1) is 23.2 Å². The highest BCUT2D eigenvalue weighted by atomic mass is 79.9. The molecule has 1 spiro atoms. The molecule has 30 heavy (non-hydrogen) atoms. The number of carbonyl (C=O) groups excluding carboxylic acids is 3. The summed E-state index contributed by atoms with van der Waals surface area (Å²) in [4.78, 5) is 41.4. The molecule has 6 atom stereocenters. The molecule has 3 amide bonds. The Balaban J connectivity index is 1.69. The van der Waals surface area contributed by atoms with Crippen LogP contribution in [0.3, 0.4) is 0 Å². The van der Waals surface area contributed by atoms with Gasteiger partial charge in [-0.15, -0.1) is 11.8 Å². The number of fused-ring (bicyclic) bond motifs is 1. The number of benzene rings is 1. The first-order valence-corrected chi connectivity index (χ1v) is 12.0. The topological polar surface area (TPSA) is 98.7 Å². The summed E-state index contributed by atoms with van der Waals surface area (Å²) in [6.07, 6.45) is 0.631. The molecular formula is C21H26BrN3O4S. The average Bonchev–Trinajstić information content (AvgIpc) is 3.26. The lowest BCUT2D eigenvalue weighted by molar-refractivity contribution is -0.139. The maximum absolute atomic E-state index is 13.5. The number of amides is 3. The number of thioether (sulfide) groups is 1. The van der Waals surface area contributed by atoms with Crippen LogP contribution in [-0.4, -0.2) is 67.8 Å². The van der Waals surface area contributed by atoms with Crippen LogP contribution < -0.4 is 10.6 Å². The first kappa shape index (κ1) is 21.6. The van der Waals surface area contributed by atoms with Gasteiger partial charge in [0.2, 0.25) is 17.7 Å². The molecule has 3 N–H and O–H groups in total. The molecule has 7 nitrogen and oxygen atoms in total. The van der Waals surface area contributed by atoms with Crippen molar-refractivity contribution in [3.8, 4) is 0 Å². The van der Waals surface area contributed by atoms with Crippen LogP contribution in [-0.2, 0) is 14.4 Å². The lowest BCUT2D eigenvalue weighted by Gasteiger charge is -2.35. The third-order valence-corrected chi connectivity index (χ3v) is 9.37. The standard InChI is InChI=1S/C21H26BrN3O4S/c1-11(2)23-19(28)17-21-10-13(22)16(30-21)14(15(21)20(29)25(17)8-9-26)18(27)24-12-6-4-3-5-7-12/h3-7,11,13-17,26H,8-10H2,1-2H3,(H,23,28)(H,24,27)/t13?,14-,15+,16-,17?,21?/m1/s1. The Morgan fingerprint density at radius 1 is 1.30 bits per heavy atom. The lowest BCUT2D eigenvalue weighted by atomic mass is 9.70. The number of rotatable bonds is 6. The molecule has 1 aromatic rings. The molecule has 1 aromatic carbocycles. The number of halogens is 1. The number of carbonyl (C=O) groups is 3. The van der Waals surface area contributed by atoms with Gasteiger partial charge in [-0.1, -0.05) is 34.1 Å². The minimum atomic E-state index is -0.700. The Kier molecular flexibility index (Phi) is 5.89. The van der Waals surface area contributed by atoms with E-state index in [0.717, 1.165) is 0 Å². The van der Waals surface area contributed by atoms with Gasteiger partial charge in [0, 0.05) is 28.4 Å². The molecular weight excluding hydrogens is 470 g/mol. The van der Waals surface area contributed by atoms with E-state index in [4.69, 9.17) is 0 Å². The van der Waals surface area contributed by atoms with Gasteiger partial charge in [-0.05, 0) is 32.4 Å². The predicted octanol–water partition coefficient (Wildman–Crippen LogP) is 1.61. The van der Waals surface area contributed by atoms with E-state index in [-0.39, 0.29) is 47.0 Å². The van der Waals surface area contributed by atoms with Gasteiger partial charge >= 0.3 is 0 Å². The van der Waals surface area contributed by atoms with Gasteiger partial charge in [0.1, 0.15) is 6.04 Å². The molecule has 162 valence electrons. The molecule has 3 aliphatic rings. The third-order valence-electron chi connectivity index (χ3n) is 6.15. The molecule has 3 fully saturated rings. The molecule has 3 saturated heterocycles. The summed E-state index contributed by atoms with van der Waals surface area (Å²) >= 11 is 5.30. The van der Waals surface area contributed by atoms with Crippen molar-refractivity contribution in [3.05, 3.63) is 30.3 Å². The zero-order chi connectivity index (χ0) is 21.6. The number of alkyl halides is 1. The van der Waals surface area contributed by atoms with Gasteiger partial charge in [-0.25, -0.2) is 0 Å². The van der Waals surface area contributed by atoms with Crippen molar-refractivity contribution >= 4 is 51.1 Å². The second-order valence-corrected chi connectivity index (χ2v) is 11.2. The summed E-state index contributed by atoms with van der Waals surface area (Å²) in [5, 5.41) is 15.4. The fourth-order valence-corrected chi connectivity index (χ4v) is 8.80. The van der Waals surface area contributed by atoms with E-state index in [1.165, 1.54) is 4.90 Å². The first-order valence-electron chi connectivity index (χ1n) is 10.2. The van der Waals surface area contributed by atoms with E-state index in [2.05, 4.69) is 26.6 Å². The van der Waals surface area contributed by atoms with Gasteiger partial charge in [-0.3, -0.25) is 14.4 Å². The number of β-amino-alcohol motifs (C(OH)–C–C–N with tert-alkyl or cyclic N) is 1. The Hall–Kier alpha value is -1.58. The molecule has 0 aliphatic carbocycles. The van der Waals surface area contributed by atoms with Crippen molar-refractivity contribution in [1.29, 1.82) is 0 Å². The maximum Gasteiger partial charge on any atom is 0.244 e. The van der Waals surface area contributed by atoms with Crippen LogP contribution in [0.5, 0.6) is 0 Å². The normalized spacial score (nSPS) is 34.4. The third kappa shape index (κ3) is 3.35. The number of hydrogen-bond acceptors (Lipinski definition) is 5. The quantitative estimate of drug-likeness (QED) is 0.520. The summed E-state index contributed by atoms with van der Waals surface area (Å²) in [6, 6.07) is 8.41. The van der Waals surface area contributed by atoms with Gasteiger partial charge < -0.3 is 20.6 Å². The van der Waals surface area contributed by atoms with Crippen molar-refractivity contribution in [1.82, 2.24) is 10.2 Å². The van der Waals surface area contributed by atoms with E-state index in [9.17, 15) is 19.5 Å². The van der Waals surface area contributed by atoms with Crippen LogP contribution in [0.15, 0.2) is 30.3 Å². The van der Waals surface area contributed by atoms with Crippen LogP contribution in [0.1, 0.15) is 20.3 Å². The highest BCUT2D eigenvalue weighted by Gasteiger charge is 2.75. The van der Waals surface area contributed by atoms with Crippen LogP contribution in [0.25, 0.3) is 0 Å².